The number of hydrogen-bond acceptors (Lipinski definition) is 2. The van der Waals surface area contributed by atoms with E-state index in [4.69, 9.17) is 11.3 Å². The largest absolute Gasteiger partial charge is 0.444 e. The third-order valence-corrected chi connectivity index (χ3v) is 1.72. The lowest BCUT2D eigenvalue weighted by Gasteiger charge is -2.19. The van der Waals surface area contributed by atoms with Gasteiger partial charge in [-0.1, -0.05) is 6.07 Å². The molecule has 0 unspecified atom stereocenters. The second kappa shape index (κ2) is 4.83. The van der Waals surface area contributed by atoms with Crippen LogP contribution >= 0.6 is 0 Å². The van der Waals surface area contributed by atoms with Crippen LogP contribution < -0.4 is 5.32 Å². The molecule has 1 amide bonds. The first kappa shape index (κ1) is 13.0. The normalized spacial score (nSPS) is 10.5. The molecule has 0 fully saturated rings. The van der Waals surface area contributed by atoms with E-state index in [1.807, 2.05) is 0 Å². The zero-order valence-corrected chi connectivity index (χ0v) is 9.87. The Hall–Kier alpha value is -2.09. The van der Waals surface area contributed by atoms with Crippen LogP contribution in [0.4, 0.5) is 20.6 Å². The number of carbonyl (C=O) groups is 1. The van der Waals surface area contributed by atoms with Gasteiger partial charge in [-0.05, 0) is 32.9 Å². The molecular formula is C12H13FN2O2. The van der Waals surface area contributed by atoms with Crippen molar-refractivity contribution in [1.29, 1.82) is 0 Å². The first-order valence-electron chi connectivity index (χ1n) is 4.99. The molecule has 5 heteroatoms. The van der Waals surface area contributed by atoms with E-state index in [0.29, 0.717) is 0 Å². The third kappa shape index (κ3) is 4.11. The van der Waals surface area contributed by atoms with E-state index in [9.17, 15) is 9.18 Å². The summed E-state index contributed by atoms with van der Waals surface area (Å²) in [6.07, 6.45) is -0.730. The molecule has 0 atom stereocenters. The van der Waals surface area contributed by atoms with Gasteiger partial charge in [-0.15, -0.1) is 0 Å². The van der Waals surface area contributed by atoms with Crippen LogP contribution in [-0.4, -0.2) is 11.7 Å². The lowest BCUT2D eigenvalue weighted by molar-refractivity contribution is 0.0635. The first-order valence-corrected chi connectivity index (χ1v) is 4.99. The molecule has 0 heterocycles. The summed E-state index contributed by atoms with van der Waals surface area (Å²) in [5, 5.41) is 2.28. The smallest absolute Gasteiger partial charge is 0.412 e. The van der Waals surface area contributed by atoms with Gasteiger partial charge in [-0.2, -0.15) is 0 Å². The molecule has 0 aliphatic rings. The Morgan fingerprint density at radius 1 is 1.47 bits per heavy atom. The average Bonchev–Trinajstić information content (AvgIpc) is 2.18. The van der Waals surface area contributed by atoms with E-state index in [0.717, 1.165) is 6.07 Å². The molecule has 1 N–H and O–H groups in total. The van der Waals surface area contributed by atoms with Gasteiger partial charge in [0.2, 0.25) is 0 Å². The first-order chi connectivity index (χ1) is 7.81. The van der Waals surface area contributed by atoms with Crippen molar-refractivity contribution in [2.24, 2.45) is 0 Å². The molecule has 0 aliphatic carbocycles. The summed E-state index contributed by atoms with van der Waals surface area (Å²) in [6, 6.07) is 3.80. The number of hydrogen-bond donors (Lipinski definition) is 1. The van der Waals surface area contributed by atoms with Crippen LogP contribution in [0.1, 0.15) is 20.8 Å². The molecule has 0 spiro atoms. The fraction of sp³-hybridized carbons (Fsp3) is 0.333. The number of carbonyl (C=O) groups excluding carboxylic acids is 1. The molecule has 0 saturated heterocycles. The van der Waals surface area contributed by atoms with Crippen LogP contribution in [0.5, 0.6) is 0 Å². The topological polar surface area (TPSA) is 42.7 Å². The van der Waals surface area contributed by atoms with Crippen molar-refractivity contribution in [3.05, 3.63) is 35.4 Å². The number of nitrogens with zero attached hydrogens (tertiary/aromatic N) is 1. The molecule has 0 radical (unpaired) electrons. The van der Waals surface area contributed by atoms with Crippen LogP contribution in [0, 0.1) is 12.4 Å². The van der Waals surface area contributed by atoms with Crippen molar-refractivity contribution in [3.63, 3.8) is 0 Å². The highest BCUT2D eigenvalue weighted by Gasteiger charge is 2.17. The lowest BCUT2D eigenvalue weighted by atomic mass is 10.2. The summed E-state index contributed by atoms with van der Waals surface area (Å²) in [5.41, 5.74) is -0.472. The van der Waals surface area contributed by atoms with Gasteiger partial charge in [0.15, 0.2) is 5.69 Å². The highest BCUT2D eigenvalue weighted by Crippen LogP contribution is 2.21. The Labute approximate surface area is 99.2 Å². The maximum absolute atomic E-state index is 13.4. The maximum Gasteiger partial charge on any atom is 0.412 e. The highest BCUT2D eigenvalue weighted by molar-refractivity contribution is 5.85. The number of amides is 1. The molecule has 1 rings (SSSR count). The zero-order chi connectivity index (χ0) is 13.1. The predicted molar refractivity (Wildman–Crippen MR) is 62.5 cm³/mol. The van der Waals surface area contributed by atoms with Crippen LogP contribution in [0.25, 0.3) is 4.85 Å². The molecule has 1 aromatic carbocycles. The van der Waals surface area contributed by atoms with E-state index in [1.54, 1.807) is 20.8 Å². The molecule has 0 bridgehead atoms. The van der Waals surface area contributed by atoms with Gasteiger partial charge in [-0.25, -0.2) is 14.0 Å². The van der Waals surface area contributed by atoms with E-state index < -0.39 is 17.5 Å². The van der Waals surface area contributed by atoms with Gasteiger partial charge in [-0.3, -0.25) is 5.32 Å². The molecule has 0 aliphatic heterocycles. The van der Waals surface area contributed by atoms with Crippen LogP contribution in [0.15, 0.2) is 18.2 Å². The van der Waals surface area contributed by atoms with Crippen molar-refractivity contribution in [3.8, 4) is 0 Å². The summed E-state index contributed by atoms with van der Waals surface area (Å²) >= 11 is 0. The van der Waals surface area contributed by atoms with Gasteiger partial charge in [0.1, 0.15) is 11.4 Å². The zero-order valence-electron chi connectivity index (χ0n) is 9.87. The number of ether oxygens (including phenoxy) is 1. The molecule has 17 heavy (non-hydrogen) atoms. The van der Waals surface area contributed by atoms with E-state index >= 15 is 0 Å². The van der Waals surface area contributed by atoms with Gasteiger partial charge >= 0.3 is 6.09 Å². The van der Waals surface area contributed by atoms with E-state index in [2.05, 4.69) is 10.2 Å². The fourth-order valence-corrected chi connectivity index (χ4v) is 1.09. The average molecular weight is 236 g/mol. The molecule has 1 aromatic rings. The minimum Gasteiger partial charge on any atom is -0.444 e. The third-order valence-electron chi connectivity index (χ3n) is 1.72. The van der Waals surface area contributed by atoms with Crippen LogP contribution in [0.2, 0.25) is 0 Å². The molecule has 0 aromatic heterocycles. The van der Waals surface area contributed by atoms with Crippen molar-refractivity contribution in [1.82, 2.24) is 0 Å². The predicted octanol–water partition coefficient (Wildman–Crippen LogP) is 3.72. The number of benzene rings is 1. The van der Waals surface area contributed by atoms with Gasteiger partial charge in [0.05, 0.1) is 12.3 Å². The Kier molecular flexibility index (Phi) is 3.69. The quantitative estimate of drug-likeness (QED) is 0.755. The van der Waals surface area contributed by atoms with Gasteiger partial charge < -0.3 is 4.74 Å². The highest BCUT2D eigenvalue weighted by atomic mass is 19.1. The van der Waals surface area contributed by atoms with Crippen molar-refractivity contribution < 1.29 is 13.9 Å². The van der Waals surface area contributed by atoms with Crippen molar-refractivity contribution in [2.45, 2.75) is 26.4 Å². The molecule has 90 valence electrons. The number of halogens is 1. The lowest BCUT2D eigenvalue weighted by Crippen LogP contribution is -2.27. The number of anilines is 1. The van der Waals surface area contributed by atoms with Crippen LogP contribution in [-0.2, 0) is 4.74 Å². The Morgan fingerprint density at radius 2 is 2.12 bits per heavy atom. The molecular weight excluding hydrogens is 223 g/mol. The standard InChI is InChI=1S/C12H13FN2O2/c1-12(2,3)17-11(16)15-10-6-5-8(14-4)7-9(10)13/h5-7H,1-3H3,(H,15,16). The minimum absolute atomic E-state index is 0.00773. The minimum atomic E-state index is -0.730. The molecule has 0 saturated carbocycles. The summed E-state index contributed by atoms with van der Waals surface area (Å²) in [5.74, 6) is -0.663. The van der Waals surface area contributed by atoms with E-state index in [1.165, 1.54) is 12.1 Å². The molecule has 4 nitrogen and oxygen atoms in total. The summed E-state index contributed by atoms with van der Waals surface area (Å²) in [6.45, 7) is 11.9. The second-order valence-corrected chi connectivity index (χ2v) is 4.40. The monoisotopic (exact) mass is 236 g/mol. The Bertz CT molecular complexity index is 472. The number of nitrogens with one attached hydrogen (secondary N) is 1. The van der Waals surface area contributed by atoms with Gasteiger partial charge in [0, 0.05) is 0 Å². The van der Waals surface area contributed by atoms with Crippen molar-refractivity contribution in [2.75, 3.05) is 5.32 Å². The van der Waals surface area contributed by atoms with Crippen molar-refractivity contribution >= 4 is 17.5 Å². The number of rotatable bonds is 1. The Morgan fingerprint density at radius 3 is 2.59 bits per heavy atom. The van der Waals surface area contributed by atoms with Crippen LogP contribution in [0.3, 0.4) is 0 Å². The second-order valence-electron chi connectivity index (χ2n) is 4.40. The fourth-order valence-electron chi connectivity index (χ4n) is 1.09. The van der Waals surface area contributed by atoms with Gasteiger partial charge in [0.25, 0.3) is 0 Å². The SMILES string of the molecule is [C-]#[N+]c1ccc(NC(=O)OC(C)(C)C)c(F)c1. The summed E-state index contributed by atoms with van der Waals surface area (Å²) in [4.78, 5) is 14.5. The maximum atomic E-state index is 13.4. The summed E-state index contributed by atoms with van der Waals surface area (Å²) in [7, 11) is 0. The Balaban J connectivity index is 2.76. The van der Waals surface area contributed by atoms with E-state index in [-0.39, 0.29) is 11.4 Å². The summed E-state index contributed by atoms with van der Waals surface area (Å²) < 4.78 is 18.4.